The maximum absolute atomic E-state index is 8.40. The Morgan fingerprint density at radius 1 is 0.941 bits per heavy atom. The van der Waals surface area contributed by atoms with Crippen LogP contribution in [0.1, 0.15) is 64.7 Å². The molecule has 2 saturated carbocycles. The van der Waals surface area contributed by atoms with E-state index >= 15 is 0 Å². The van der Waals surface area contributed by atoms with Crippen molar-refractivity contribution in [1.29, 1.82) is 5.41 Å². The Bertz CT molecular complexity index is 248. The minimum atomic E-state index is 0.563. The zero-order chi connectivity index (χ0) is 12.3. The number of nitrogens with zero attached hydrogens (tertiary/aromatic N) is 1. The summed E-state index contributed by atoms with van der Waals surface area (Å²) in [6.45, 7) is 2.36. The second kappa shape index (κ2) is 5.88. The van der Waals surface area contributed by atoms with Gasteiger partial charge in [-0.15, -0.1) is 0 Å². The fraction of sp³-hybridized carbons (Fsp3) is 0.933. The molecule has 1 N–H and O–H groups in total. The van der Waals surface area contributed by atoms with E-state index in [1.807, 2.05) is 0 Å². The van der Waals surface area contributed by atoms with Crippen LogP contribution in [0.15, 0.2) is 0 Å². The summed E-state index contributed by atoms with van der Waals surface area (Å²) in [4.78, 5) is 2.31. The highest BCUT2D eigenvalue weighted by atomic mass is 15.2. The monoisotopic (exact) mass is 236 g/mol. The Kier molecular flexibility index (Phi) is 4.47. The highest BCUT2D eigenvalue weighted by Gasteiger charge is 2.27. The summed E-state index contributed by atoms with van der Waals surface area (Å²) in [5.74, 6) is 2.40. The van der Waals surface area contributed by atoms with Crippen molar-refractivity contribution in [2.45, 2.75) is 70.8 Å². The molecule has 0 bridgehead atoms. The Balaban J connectivity index is 1.85. The third-order valence-corrected chi connectivity index (χ3v) is 4.90. The lowest BCUT2D eigenvalue weighted by molar-refractivity contribution is 0.226. The van der Waals surface area contributed by atoms with Crippen molar-refractivity contribution in [1.82, 2.24) is 4.90 Å². The maximum atomic E-state index is 8.40. The second-order valence-corrected chi connectivity index (χ2v) is 6.24. The average Bonchev–Trinajstić information content (AvgIpc) is 2.39. The van der Waals surface area contributed by atoms with E-state index < -0.39 is 0 Å². The van der Waals surface area contributed by atoms with Crippen molar-refractivity contribution in [2.75, 3.05) is 7.05 Å². The van der Waals surface area contributed by atoms with Crippen LogP contribution < -0.4 is 0 Å². The van der Waals surface area contributed by atoms with Gasteiger partial charge in [0.15, 0.2) is 0 Å². The molecule has 2 aliphatic carbocycles. The van der Waals surface area contributed by atoms with Crippen LogP contribution in [0.5, 0.6) is 0 Å². The third kappa shape index (κ3) is 3.23. The molecule has 0 amide bonds. The molecule has 2 fully saturated rings. The Morgan fingerprint density at radius 2 is 1.53 bits per heavy atom. The zero-order valence-corrected chi connectivity index (χ0v) is 11.5. The standard InChI is InChI=1S/C15H28N2/c1-12-8-10-14(11-9-12)17(2)15(16)13-6-4-3-5-7-13/h12-14,16H,3-11H2,1-2H3. The van der Waals surface area contributed by atoms with Crippen LogP contribution in [-0.4, -0.2) is 23.8 Å². The first-order valence-electron chi connectivity index (χ1n) is 7.49. The van der Waals surface area contributed by atoms with Gasteiger partial charge < -0.3 is 4.90 Å². The predicted octanol–water partition coefficient (Wildman–Crippen LogP) is 4.05. The molecule has 0 aromatic carbocycles. The van der Waals surface area contributed by atoms with Gasteiger partial charge in [-0.2, -0.15) is 0 Å². The summed E-state index contributed by atoms with van der Waals surface area (Å²) in [7, 11) is 2.16. The van der Waals surface area contributed by atoms with Crippen molar-refractivity contribution in [3.8, 4) is 0 Å². The molecule has 0 radical (unpaired) electrons. The van der Waals surface area contributed by atoms with E-state index in [9.17, 15) is 0 Å². The second-order valence-electron chi connectivity index (χ2n) is 6.24. The normalized spacial score (nSPS) is 31.2. The van der Waals surface area contributed by atoms with Crippen molar-refractivity contribution >= 4 is 5.84 Å². The number of hydrogen-bond donors (Lipinski definition) is 1. The molecule has 2 rings (SSSR count). The van der Waals surface area contributed by atoms with Crippen molar-refractivity contribution in [3.05, 3.63) is 0 Å². The number of hydrogen-bond acceptors (Lipinski definition) is 1. The molecule has 17 heavy (non-hydrogen) atoms. The minimum Gasteiger partial charge on any atom is -0.360 e. The molecule has 0 aromatic rings. The van der Waals surface area contributed by atoms with E-state index in [-0.39, 0.29) is 0 Å². The van der Waals surface area contributed by atoms with Gasteiger partial charge in [-0.25, -0.2) is 0 Å². The van der Waals surface area contributed by atoms with Crippen LogP contribution in [0.25, 0.3) is 0 Å². The number of rotatable bonds is 2. The molecule has 0 atom stereocenters. The molecule has 0 heterocycles. The fourth-order valence-electron chi connectivity index (χ4n) is 3.49. The summed E-state index contributed by atoms with van der Waals surface area (Å²) in [6, 6.07) is 0.653. The molecule has 2 nitrogen and oxygen atoms in total. The number of amidine groups is 1. The fourth-order valence-corrected chi connectivity index (χ4v) is 3.49. The van der Waals surface area contributed by atoms with Gasteiger partial charge in [0.05, 0.1) is 5.84 Å². The summed E-state index contributed by atoms with van der Waals surface area (Å²) >= 11 is 0. The van der Waals surface area contributed by atoms with E-state index in [4.69, 9.17) is 5.41 Å². The Hall–Kier alpha value is -0.530. The summed E-state index contributed by atoms with van der Waals surface area (Å²) < 4.78 is 0. The SMILES string of the molecule is CC1CCC(N(C)C(=N)C2CCCCC2)CC1. The molecule has 0 saturated heterocycles. The Morgan fingerprint density at radius 3 is 2.12 bits per heavy atom. The van der Waals surface area contributed by atoms with Gasteiger partial charge in [-0.1, -0.05) is 26.2 Å². The van der Waals surface area contributed by atoms with Crippen molar-refractivity contribution in [2.24, 2.45) is 11.8 Å². The van der Waals surface area contributed by atoms with Crippen LogP contribution in [-0.2, 0) is 0 Å². The van der Waals surface area contributed by atoms with Gasteiger partial charge in [-0.05, 0) is 44.4 Å². The lowest BCUT2D eigenvalue weighted by Gasteiger charge is -2.38. The molecule has 0 unspecified atom stereocenters. The first-order valence-corrected chi connectivity index (χ1v) is 7.49. The van der Waals surface area contributed by atoms with Crippen LogP contribution in [0.3, 0.4) is 0 Å². The van der Waals surface area contributed by atoms with Gasteiger partial charge in [0.1, 0.15) is 0 Å². The third-order valence-electron chi connectivity index (χ3n) is 4.90. The van der Waals surface area contributed by atoms with E-state index in [0.717, 1.165) is 11.8 Å². The first kappa shape index (κ1) is 12.9. The van der Waals surface area contributed by atoms with Gasteiger partial charge in [0.2, 0.25) is 0 Å². The molecule has 0 aliphatic heterocycles. The van der Waals surface area contributed by atoms with Gasteiger partial charge >= 0.3 is 0 Å². The van der Waals surface area contributed by atoms with Crippen molar-refractivity contribution < 1.29 is 0 Å². The largest absolute Gasteiger partial charge is 0.360 e. The number of nitrogens with one attached hydrogen (secondary N) is 1. The van der Waals surface area contributed by atoms with E-state index in [1.54, 1.807) is 0 Å². The van der Waals surface area contributed by atoms with Gasteiger partial charge in [-0.3, -0.25) is 5.41 Å². The maximum Gasteiger partial charge on any atom is 0.0989 e. The first-order chi connectivity index (χ1) is 8.18. The van der Waals surface area contributed by atoms with Gasteiger partial charge in [0, 0.05) is 19.0 Å². The Labute approximate surface area is 106 Å². The molecular weight excluding hydrogens is 208 g/mol. The van der Waals surface area contributed by atoms with E-state index in [0.29, 0.717) is 12.0 Å². The lowest BCUT2D eigenvalue weighted by atomic mass is 9.84. The quantitative estimate of drug-likeness (QED) is 0.568. The molecule has 2 aliphatic rings. The highest BCUT2D eigenvalue weighted by molar-refractivity contribution is 5.81. The summed E-state index contributed by atoms with van der Waals surface area (Å²) in [6.07, 6.45) is 11.9. The van der Waals surface area contributed by atoms with Crippen LogP contribution in [0.4, 0.5) is 0 Å². The molecular formula is C15H28N2. The van der Waals surface area contributed by atoms with E-state index in [2.05, 4.69) is 18.9 Å². The predicted molar refractivity (Wildman–Crippen MR) is 73.5 cm³/mol. The average molecular weight is 236 g/mol. The van der Waals surface area contributed by atoms with Crippen LogP contribution in [0.2, 0.25) is 0 Å². The topological polar surface area (TPSA) is 27.1 Å². The van der Waals surface area contributed by atoms with Crippen molar-refractivity contribution in [3.63, 3.8) is 0 Å². The van der Waals surface area contributed by atoms with Crippen LogP contribution in [0, 0.1) is 17.2 Å². The van der Waals surface area contributed by atoms with Gasteiger partial charge in [0.25, 0.3) is 0 Å². The molecule has 2 heteroatoms. The smallest absolute Gasteiger partial charge is 0.0989 e. The van der Waals surface area contributed by atoms with E-state index in [1.165, 1.54) is 57.8 Å². The highest BCUT2D eigenvalue weighted by Crippen LogP contribution is 2.30. The summed E-state index contributed by atoms with van der Waals surface area (Å²) in [5, 5.41) is 8.40. The lowest BCUT2D eigenvalue weighted by Crippen LogP contribution is -2.42. The summed E-state index contributed by atoms with van der Waals surface area (Å²) in [5.41, 5.74) is 0. The molecule has 0 aromatic heterocycles. The molecule has 0 spiro atoms. The zero-order valence-electron chi connectivity index (χ0n) is 11.5. The minimum absolute atomic E-state index is 0.563. The molecule has 98 valence electrons. The van der Waals surface area contributed by atoms with Crippen LogP contribution >= 0.6 is 0 Å².